The number of ether oxygens (including phenoxy) is 1. The maximum absolute atomic E-state index is 13.9. The van der Waals surface area contributed by atoms with Crippen LogP contribution in [0.3, 0.4) is 0 Å². The maximum atomic E-state index is 13.9. The molecule has 1 fully saturated rings. The number of nitrogen functional groups attached to an aromatic ring is 1. The summed E-state index contributed by atoms with van der Waals surface area (Å²) < 4.78 is 14.9. The number of aromatic nitrogens is 1. The van der Waals surface area contributed by atoms with Crippen LogP contribution in [0.2, 0.25) is 0 Å². The number of nitrogens with one attached hydrogen (secondary N) is 1. The maximum Gasteiger partial charge on any atom is 0.273 e. The molecule has 0 saturated heterocycles. The number of anilines is 2. The lowest BCUT2D eigenvalue weighted by atomic mass is 10.1. The summed E-state index contributed by atoms with van der Waals surface area (Å²) in [7, 11) is 1.50. The van der Waals surface area contributed by atoms with Crippen LogP contribution in [0, 0.1) is 0 Å². The van der Waals surface area contributed by atoms with Gasteiger partial charge in [0.25, 0.3) is 17.7 Å². The highest BCUT2D eigenvalue weighted by atomic mass is 32.1. The molecule has 1 saturated carbocycles. The van der Waals surface area contributed by atoms with E-state index in [4.69, 9.17) is 20.6 Å². The molecular formula is C23H25N5O5S. The van der Waals surface area contributed by atoms with Crippen LogP contribution in [0.25, 0.3) is 0 Å². The van der Waals surface area contributed by atoms with E-state index >= 15 is 0 Å². The number of nitrogens with two attached hydrogens (primary N) is 2. The van der Waals surface area contributed by atoms with E-state index in [-0.39, 0.29) is 28.1 Å². The van der Waals surface area contributed by atoms with Crippen LogP contribution >= 0.6 is 11.5 Å². The number of primary amides is 1. The van der Waals surface area contributed by atoms with Crippen LogP contribution < -0.4 is 26.4 Å². The number of methoxy groups -OCH3 is 1. The largest absolute Gasteiger partial charge is 0.497 e. The third kappa shape index (κ3) is 4.60. The third-order valence-corrected chi connectivity index (χ3v) is 6.58. The number of carbonyl (C=O) groups is 3. The van der Waals surface area contributed by atoms with Crippen molar-refractivity contribution in [3.63, 3.8) is 0 Å². The summed E-state index contributed by atoms with van der Waals surface area (Å²) in [5.41, 5.74) is 11.4. The first-order chi connectivity index (χ1) is 16.4. The van der Waals surface area contributed by atoms with Gasteiger partial charge in [-0.15, -0.1) is 0 Å². The number of nitrogens with zero attached hydrogens (tertiary/aromatic N) is 2. The molecule has 1 aromatic carbocycles. The van der Waals surface area contributed by atoms with Gasteiger partial charge in [0, 0.05) is 17.8 Å². The number of rotatable bonds is 8. The van der Waals surface area contributed by atoms with Crippen molar-refractivity contribution in [2.45, 2.75) is 37.8 Å². The Labute approximate surface area is 200 Å². The molecule has 1 atom stereocenters. The summed E-state index contributed by atoms with van der Waals surface area (Å²) in [6, 6.07) is 8.87. The van der Waals surface area contributed by atoms with Gasteiger partial charge in [0.1, 0.15) is 16.4 Å². The van der Waals surface area contributed by atoms with E-state index in [1.165, 1.54) is 18.3 Å². The normalized spacial score (nSPS) is 14.5. The van der Waals surface area contributed by atoms with Gasteiger partial charge in [-0.1, -0.05) is 18.9 Å². The van der Waals surface area contributed by atoms with E-state index < -0.39 is 23.8 Å². The van der Waals surface area contributed by atoms with Gasteiger partial charge >= 0.3 is 0 Å². The average molecular weight is 484 g/mol. The zero-order valence-electron chi connectivity index (χ0n) is 18.5. The fourth-order valence-corrected chi connectivity index (χ4v) is 4.80. The van der Waals surface area contributed by atoms with Gasteiger partial charge in [-0.2, -0.15) is 4.37 Å². The van der Waals surface area contributed by atoms with E-state index in [0.29, 0.717) is 11.4 Å². The number of benzene rings is 1. The molecule has 3 aromatic rings. The smallest absolute Gasteiger partial charge is 0.273 e. The lowest BCUT2D eigenvalue weighted by Gasteiger charge is -2.30. The zero-order chi connectivity index (χ0) is 24.2. The van der Waals surface area contributed by atoms with Gasteiger partial charge in [0.15, 0.2) is 11.7 Å². The van der Waals surface area contributed by atoms with Gasteiger partial charge in [-0.3, -0.25) is 19.3 Å². The van der Waals surface area contributed by atoms with Crippen molar-refractivity contribution >= 4 is 40.6 Å². The third-order valence-electron chi connectivity index (χ3n) is 5.73. The van der Waals surface area contributed by atoms with Gasteiger partial charge in [0.2, 0.25) is 0 Å². The standard InChI is InChI=1S/C23H25N5O5S/c1-32-15-9-4-8-14(12-15)28(23(31)20-17(24)18(21(25)29)27-34-20)19(16-10-5-11-33-16)22(30)26-13-6-2-3-7-13/h4-5,8-13,19H,2-3,6-7,24H2,1H3,(H2,25,29)(H,26,30). The Kier molecular flexibility index (Phi) is 6.82. The van der Waals surface area contributed by atoms with Crippen LogP contribution in [-0.2, 0) is 4.79 Å². The first-order valence-corrected chi connectivity index (χ1v) is 11.5. The van der Waals surface area contributed by atoms with E-state index in [2.05, 4.69) is 9.69 Å². The van der Waals surface area contributed by atoms with Crippen molar-refractivity contribution in [2.75, 3.05) is 17.7 Å². The Balaban J connectivity index is 1.82. The summed E-state index contributed by atoms with van der Waals surface area (Å²) in [4.78, 5) is 40.4. The van der Waals surface area contributed by atoms with Crippen LogP contribution in [0.15, 0.2) is 47.1 Å². The van der Waals surface area contributed by atoms with Gasteiger partial charge in [-0.05, 0) is 48.6 Å². The second-order valence-corrected chi connectivity index (χ2v) is 8.70. The van der Waals surface area contributed by atoms with Gasteiger partial charge in [-0.25, -0.2) is 0 Å². The average Bonchev–Trinajstić information content (AvgIpc) is 3.59. The topological polar surface area (TPSA) is 154 Å². The van der Waals surface area contributed by atoms with Crippen molar-refractivity contribution in [2.24, 2.45) is 5.73 Å². The Hall–Kier alpha value is -3.86. The van der Waals surface area contributed by atoms with Gasteiger partial charge < -0.3 is 25.9 Å². The molecule has 0 aliphatic heterocycles. The molecule has 34 heavy (non-hydrogen) atoms. The SMILES string of the molecule is COc1cccc(N(C(=O)c2snc(C(N)=O)c2N)C(C(=O)NC2CCCC2)c2ccco2)c1. The monoisotopic (exact) mass is 483 g/mol. The van der Waals surface area contributed by atoms with Crippen molar-refractivity contribution < 1.29 is 23.5 Å². The van der Waals surface area contributed by atoms with Crippen molar-refractivity contribution in [1.82, 2.24) is 9.69 Å². The molecule has 0 radical (unpaired) electrons. The number of hydrogen-bond donors (Lipinski definition) is 3. The Morgan fingerprint density at radius 2 is 2.00 bits per heavy atom. The van der Waals surface area contributed by atoms with Crippen LogP contribution in [-0.4, -0.2) is 35.2 Å². The quantitative estimate of drug-likeness (QED) is 0.445. The van der Waals surface area contributed by atoms with Crippen molar-refractivity contribution in [3.05, 3.63) is 59.0 Å². The molecule has 1 unspecified atom stereocenters. The van der Waals surface area contributed by atoms with E-state index in [0.717, 1.165) is 37.2 Å². The predicted molar refractivity (Wildman–Crippen MR) is 127 cm³/mol. The molecule has 10 nitrogen and oxygen atoms in total. The fourth-order valence-electron chi connectivity index (χ4n) is 4.05. The summed E-state index contributed by atoms with van der Waals surface area (Å²) in [5, 5.41) is 3.05. The van der Waals surface area contributed by atoms with Crippen LogP contribution in [0.4, 0.5) is 11.4 Å². The molecule has 11 heteroatoms. The predicted octanol–water partition coefficient (Wildman–Crippen LogP) is 2.87. The summed E-state index contributed by atoms with van der Waals surface area (Å²) in [6.45, 7) is 0. The lowest BCUT2D eigenvalue weighted by Crippen LogP contribution is -2.46. The molecule has 4 rings (SSSR count). The molecule has 2 heterocycles. The minimum Gasteiger partial charge on any atom is -0.497 e. The number of furan rings is 1. The fraction of sp³-hybridized carbons (Fsp3) is 0.304. The zero-order valence-corrected chi connectivity index (χ0v) is 19.3. The van der Waals surface area contributed by atoms with Crippen LogP contribution in [0.1, 0.15) is 57.6 Å². The molecule has 0 spiro atoms. The summed E-state index contributed by atoms with van der Waals surface area (Å²) in [5.74, 6) is -1.11. The Bertz CT molecular complexity index is 1190. The summed E-state index contributed by atoms with van der Waals surface area (Å²) >= 11 is 0.744. The van der Waals surface area contributed by atoms with Gasteiger partial charge in [0.05, 0.1) is 19.1 Å². The van der Waals surface area contributed by atoms with E-state index in [1.54, 1.807) is 36.4 Å². The molecule has 2 aromatic heterocycles. The lowest BCUT2D eigenvalue weighted by molar-refractivity contribution is -0.123. The number of hydrogen-bond acceptors (Lipinski definition) is 8. The first-order valence-electron chi connectivity index (χ1n) is 10.8. The minimum atomic E-state index is -1.14. The van der Waals surface area contributed by atoms with E-state index in [9.17, 15) is 14.4 Å². The van der Waals surface area contributed by atoms with Crippen molar-refractivity contribution in [3.8, 4) is 5.75 Å². The number of carbonyl (C=O) groups excluding carboxylic acids is 3. The molecule has 3 amide bonds. The summed E-state index contributed by atoms with van der Waals surface area (Å²) in [6.07, 6.45) is 5.23. The molecule has 1 aliphatic carbocycles. The highest BCUT2D eigenvalue weighted by molar-refractivity contribution is 7.09. The molecule has 5 N–H and O–H groups in total. The number of amides is 3. The second-order valence-electron chi connectivity index (χ2n) is 7.92. The second kappa shape index (κ2) is 9.96. The molecule has 178 valence electrons. The molecular weight excluding hydrogens is 458 g/mol. The van der Waals surface area contributed by atoms with Crippen LogP contribution in [0.5, 0.6) is 5.75 Å². The molecule has 1 aliphatic rings. The first kappa shape index (κ1) is 23.3. The minimum absolute atomic E-state index is 0.0122. The molecule has 0 bridgehead atoms. The van der Waals surface area contributed by atoms with E-state index in [1.807, 2.05) is 0 Å². The Morgan fingerprint density at radius 3 is 2.62 bits per heavy atom. The highest BCUT2D eigenvalue weighted by Crippen LogP contribution is 2.35. The highest BCUT2D eigenvalue weighted by Gasteiger charge is 2.38. The Morgan fingerprint density at radius 1 is 1.24 bits per heavy atom. The van der Waals surface area contributed by atoms with Crippen molar-refractivity contribution in [1.29, 1.82) is 0 Å².